The van der Waals surface area contributed by atoms with Crippen LogP contribution in [0, 0.1) is 0 Å². The van der Waals surface area contributed by atoms with Gasteiger partial charge in [0.15, 0.2) is 0 Å². The zero-order valence-electron chi connectivity index (χ0n) is 9.45. The Morgan fingerprint density at radius 3 is 2.65 bits per heavy atom. The molecule has 6 nitrogen and oxygen atoms in total. The molecule has 7 heteroatoms. The van der Waals surface area contributed by atoms with E-state index in [1.165, 1.54) is 32.4 Å². The molecule has 0 aliphatic heterocycles. The molecule has 0 radical (unpaired) electrons. The average Bonchev–Trinajstić information content (AvgIpc) is 2.28. The standard InChI is InChI=1S/C10H13NO5S/c1-11(7-10(12)13)17(14,15)9-5-3-4-8(6-9)16-2/h3-6H,7H2,1-2H3,(H,12,13). The summed E-state index contributed by atoms with van der Waals surface area (Å²) in [7, 11) is -1.16. The number of hydrogen-bond acceptors (Lipinski definition) is 4. The van der Waals surface area contributed by atoms with Gasteiger partial charge in [0, 0.05) is 13.1 Å². The Balaban J connectivity index is 3.08. The Hall–Kier alpha value is -1.60. The van der Waals surface area contributed by atoms with E-state index in [9.17, 15) is 13.2 Å². The van der Waals surface area contributed by atoms with Gasteiger partial charge in [0.1, 0.15) is 12.3 Å². The maximum Gasteiger partial charge on any atom is 0.318 e. The van der Waals surface area contributed by atoms with E-state index in [1.54, 1.807) is 6.07 Å². The molecular formula is C10H13NO5S. The van der Waals surface area contributed by atoms with Gasteiger partial charge >= 0.3 is 5.97 Å². The van der Waals surface area contributed by atoms with Gasteiger partial charge in [-0.1, -0.05) is 6.07 Å². The van der Waals surface area contributed by atoms with Crippen molar-refractivity contribution < 1.29 is 23.1 Å². The minimum Gasteiger partial charge on any atom is -0.497 e. The lowest BCUT2D eigenvalue weighted by atomic mass is 10.3. The van der Waals surface area contributed by atoms with Gasteiger partial charge in [-0.05, 0) is 12.1 Å². The largest absolute Gasteiger partial charge is 0.497 e. The molecule has 0 aromatic heterocycles. The first kappa shape index (κ1) is 13.5. The quantitative estimate of drug-likeness (QED) is 0.827. The minimum atomic E-state index is -3.79. The third kappa shape index (κ3) is 3.18. The predicted octanol–water partition coefficient (Wildman–Crippen LogP) is 0.400. The number of hydrogen-bond donors (Lipinski definition) is 1. The summed E-state index contributed by atoms with van der Waals surface area (Å²) in [6.07, 6.45) is 0. The fourth-order valence-corrected chi connectivity index (χ4v) is 2.37. The summed E-state index contributed by atoms with van der Waals surface area (Å²) in [4.78, 5) is 10.5. The highest BCUT2D eigenvalue weighted by Crippen LogP contribution is 2.19. The van der Waals surface area contributed by atoms with Crippen LogP contribution in [0.3, 0.4) is 0 Å². The highest BCUT2D eigenvalue weighted by atomic mass is 32.2. The van der Waals surface area contributed by atoms with Gasteiger partial charge < -0.3 is 9.84 Å². The van der Waals surface area contributed by atoms with E-state index < -0.39 is 22.5 Å². The van der Waals surface area contributed by atoms with Crippen LogP contribution in [-0.2, 0) is 14.8 Å². The molecule has 0 amide bonds. The summed E-state index contributed by atoms with van der Waals surface area (Å²) in [6, 6.07) is 5.86. The number of likely N-dealkylation sites (N-methyl/N-ethyl adjacent to an activating group) is 1. The second-order valence-electron chi connectivity index (χ2n) is 3.33. The van der Waals surface area contributed by atoms with Crippen molar-refractivity contribution in [2.45, 2.75) is 4.90 Å². The van der Waals surface area contributed by atoms with Gasteiger partial charge in [-0.3, -0.25) is 4.79 Å². The Bertz CT molecular complexity index is 511. The van der Waals surface area contributed by atoms with Gasteiger partial charge in [-0.2, -0.15) is 4.31 Å². The number of methoxy groups -OCH3 is 1. The molecule has 94 valence electrons. The highest BCUT2D eigenvalue weighted by molar-refractivity contribution is 7.89. The molecule has 1 N–H and O–H groups in total. The van der Waals surface area contributed by atoms with Crippen molar-refractivity contribution in [3.05, 3.63) is 24.3 Å². The summed E-state index contributed by atoms with van der Waals surface area (Å²) in [5.74, 6) is -0.811. The molecule has 0 heterocycles. The van der Waals surface area contributed by atoms with E-state index in [2.05, 4.69) is 0 Å². The highest BCUT2D eigenvalue weighted by Gasteiger charge is 2.22. The Morgan fingerprint density at radius 2 is 2.12 bits per heavy atom. The van der Waals surface area contributed by atoms with Crippen molar-refractivity contribution in [2.75, 3.05) is 20.7 Å². The smallest absolute Gasteiger partial charge is 0.318 e. The minimum absolute atomic E-state index is 0.000556. The number of ether oxygens (including phenoxy) is 1. The van der Waals surface area contributed by atoms with Crippen molar-refractivity contribution in [2.24, 2.45) is 0 Å². The molecule has 17 heavy (non-hydrogen) atoms. The van der Waals surface area contributed by atoms with Crippen LogP contribution >= 0.6 is 0 Å². The first-order chi connectivity index (χ1) is 7.87. The molecule has 0 spiro atoms. The molecule has 1 aromatic carbocycles. The third-order valence-electron chi connectivity index (χ3n) is 2.11. The number of sulfonamides is 1. The molecule has 0 bridgehead atoms. The van der Waals surface area contributed by atoms with E-state index in [1.807, 2.05) is 0 Å². The van der Waals surface area contributed by atoms with Gasteiger partial charge in [0.25, 0.3) is 0 Å². The fourth-order valence-electron chi connectivity index (χ4n) is 1.22. The van der Waals surface area contributed by atoms with Crippen molar-refractivity contribution in [1.82, 2.24) is 4.31 Å². The SMILES string of the molecule is COc1cccc(S(=O)(=O)N(C)CC(=O)O)c1. The molecule has 0 fully saturated rings. The lowest BCUT2D eigenvalue weighted by Crippen LogP contribution is -2.32. The van der Waals surface area contributed by atoms with Crippen molar-refractivity contribution in [3.8, 4) is 5.75 Å². The molecule has 0 unspecified atom stereocenters. The van der Waals surface area contributed by atoms with Crippen LogP contribution in [0.25, 0.3) is 0 Å². The molecule has 0 saturated carbocycles. The first-order valence-electron chi connectivity index (χ1n) is 4.70. The maximum atomic E-state index is 11.9. The van der Waals surface area contributed by atoms with Gasteiger partial charge in [-0.15, -0.1) is 0 Å². The molecule has 0 aliphatic carbocycles. The summed E-state index contributed by atoms with van der Waals surface area (Å²) in [5.41, 5.74) is 0. The van der Waals surface area contributed by atoms with E-state index in [0.29, 0.717) is 5.75 Å². The Morgan fingerprint density at radius 1 is 1.47 bits per heavy atom. The molecule has 0 aliphatic rings. The van der Waals surface area contributed by atoms with Gasteiger partial charge in [0.2, 0.25) is 10.0 Å². The number of benzene rings is 1. The zero-order chi connectivity index (χ0) is 13.1. The zero-order valence-corrected chi connectivity index (χ0v) is 10.3. The van der Waals surface area contributed by atoms with Gasteiger partial charge in [-0.25, -0.2) is 8.42 Å². The maximum absolute atomic E-state index is 11.9. The van der Waals surface area contributed by atoms with Crippen molar-refractivity contribution >= 4 is 16.0 Å². The number of rotatable bonds is 5. The monoisotopic (exact) mass is 259 g/mol. The van der Waals surface area contributed by atoms with E-state index in [4.69, 9.17) is 9.84 Å². The number of carboxylic acid groups (broad SMARTS) is 1. The lowest BCUT2D eigenvalue weighted by molar-refractivity contribution is -0.137. The molecule has 1 rings (SSSR count). The molecule has 0 saturated heterocycles. The number of carbonyl (C=O) groups is 1. The van der Waals surface area contributed by atoms with Crippen LogP contribution in [-0.4, -0.2) is 44.5 Å². The van der Waals surface area contributed by atoms with Crippen molar-refractivity contribution in [1.29, 1.82) is 0 Å². The average molecular weight is 259 g/mol. The van der Waals surface area contributed by atoms with Gasteiger partial charge in [0.05, 0.1) is 12.0 Å². The first-order valence-corrected chi connectivity index (χ1v) is 6.14. The summed E-state index contributed by atoms with van der Waals surface area (Å²) < 4.78 is 29.6. The lowest BCUT2D eigenvalue weighted by Gasteiger charge is -2.15. The third-order valence-corrected chi connectivity index (χ3v) is 3.91. The van der Waals surface area contributed by atoms with Crippen LogP contribution in [0.15, 0.2) is 29.2 Å². The molecule has 0 atom stereocenters. The van der Waals surface area contributed by atoms with Crippen LogP contribution in [0.4, 0.5) is 0 Å². The fraction of sp³-hybridized carbons (Fsp3) is 0.300. The predicted molar refractivity (Wildman–Crippen MR) is 60.4 cm³/mol. The summed E-state index contributed by atoms with van der Waals surface area (Å²) in [5, 5.41) is 8.56. The molecular weight excluding hydrogens is 246 g/mol. The Kier molecular flexibility index (Phi) is 4.08. The van der Waals surface area contributed by atoms with Crippen LogP contribution in [0.2, 0.25) is 0 Å². The number of carboxylic acids is 1. The normalized spacial score (nSPS) is 11.5. The Labute approximate surface area is 99.5 Å². The number of nitrogens with zero attached hydrogens (tertiary/aromatic N) is 1. The second-order valence-corrected chi connectivity index (χ2v) is 5.38. The summed E-state index contributed by atoms with van der Waals surface area (Å²) in [6.45, 7) is -0.584. The topological polar surface area (TPSA) is 83.9 Å². The summed E-state index contributed by atoms with van der Waals surface area (Å²) >= 11 is 0. The number of aliphatic carboxylic acids is 1. The second kappa shape index (κ2) is 5.15. The van der Waals surface area contributed by atoms with Crippen molar-refractivity contribution in [3.63, 3.8) is 0 Å². The van der Waals surface area contributed by atoms with E-state index in [-0.39, 0.29) is 4.90 Å². The van der Waals surface area contributed by atoms with Crippen LogP contribution < -0.4 is 4.74 Å². The molecule has 1 aromatic rings. The van der Waals surface area contributed by atoms with E-state index in [0.717, 1.165) is 4.31 Å². The van der Waals surface area contributed by atoms with Crippen LogP contribution in [0.1, 0.15) is 0 Å². The van der Waals surface area contributed by atoms with Crippen LogP contribution in [0.5, 0.6) is 5.75 Å². The van der Waals surface area contributed by atoms with E-state index >= 15 is 0 Å².